The standard InChI is InChI=1S/C36H48N4O6S/c1-9-10-15-32(42)40(33(23(2)3)26(6)41)21-27-16-17-29(28(20-27)22-39-19-18-36(7,8)35(39)43)30-13-11-12-14-31(30)47(44,45)38-34-24(4)25(5)37-46-34/h11-14,16-17,20,23,33,38H,9-10,15,18-19,21-22H2,1-8H3. The minimum Gasteiger partial charge on any atom is -0.338 e. The molecule has 1 aliphatic rings. The van der Waals surface area contributed by atoms with Crippen LogP contribution < -0.4 is 4.72 Å². The zero-order chi connectivity index (χ0) is 34.7. The van der Waals surface area contributed by atoms with E-state index in [9.17, 15) is 22.8 Å². The maximum atomic E-state index is 13.8. The molecule has 47 heavy (non-hydrogen) atoms. The van der Waals surface area contributed by atoms with E-state index in [1.54, 1.807) is 41.8 Å². The van der Waals surface area contributed by atoms with E-state index < -0.39 is 21.5 Å². The second kappa shape index (κ2) is 14.4. The smallest absolute Gasteiger partial charge is 0.264 e. The van der Waals surface area contributed by atoms with Crippen molar-refractivity contribution in [2.24, 2.45) is 11.3 Å². The lowest BCUT2D eigenvalue weighted by Gasteiger charge is -2.33. The summed E-state index contributed by atoms with van der Waals surface area (Å²) in [5.41, 5.74) is 3.32. The number of carbonyl (C=O) groups is 3. The molecule has 1 atom stereocenters. The van der Waals surface area contributed by atoms with Crippen LogP contribution in [-0.4, -0.2) is 53.6 Å². The highest BCUT2D eigenvalue weighted by Gasteiger charge is 2.39. The summed E-state index contributed by atoms with van der Waals surface area (Å²) < 4.78 is 35.4. The Labute approximate surface area is 278 Å². The van der Waals surface area contributed by atoms with Crippen molar-refractivity contribution in [1.29, 1.82) is 0 Å². The number of benzene rings is 2. The molecule has 3 aromatic rings. The summed E-state index contributed by atoms with van der Waals surface area (Å²) in [5.74, 6) is -0.155. The quantitative estimate of drug-likeness (QED) is 0.204. The fourth-order valence-corrected chi connectivity index (χ4v) is 7.49. The Kier molecular flexibility index (Phi) is 11.0. The van der Waals surface area contributed by atoms with Crippen LogP contribution in [0, 0.1) is 25.2 Å². The molecule has 1 saturated heterocycles. The monoisotopic (exact) mass is 664 g/mol. The number of amides is 2. The molecule has 1 fully saturated rings. The van der Waals surface area contributed by atoms with Gasteiger partial charge in [-0.2, -0.15) is 0 Å². The van der Waals surface area contributed by atoms with Crippen LogP contribution in [0.3, 0.4) is 0 Å². The summed E-state index contributed by atoms with van der Waals surface area (Å²) in [7, 11) is -4.11. The molecule has 1 N–H and O–H groups in total. The van der Waals surface area contributed by atoms with Crippen LogP contribution in [0.5, 0.6) is 0 Å². The lowest BCUT2D eigenvalue weighted by atomic mass is 9.92. The Morgan fingerprint density at radius 1 is 1.11 bits per heavy atom. The second-order valence-corrected chi connectivity index (χ2v) is 15.3. The lowest BCUT2D eigenvalue weighted by molar-refractivity contribution is -0.141. The number of anilines is 1. The Balaban J connectivity index is 1.82. The van der Waals surface area contributed by atoms with Gasteiger partial charge in [0.1, 0.15) is 0 Å². The molecule has 2 amide bonds. The van der Waals surface area contributed by atoms with Gasteiger partial charge < -0.3 is 14.3 Å². The Hall–Kier alpha value is -3.99. The fourth-order valence-electron chi connectivity index (χ4n) is 6.22. The first-order valence-electron chi connectivity index (χ1n) is 16.3. The summed E-state index contributed by atoms with van der Waals surface area (Å²) in [6, 6.07) is 11.8. The number of hydrogen-bond donors (Lipinski definition) is 1. The average Bonchev–Trinajstić information content (AvgIpc) is 3.46. The predicted octanol–water partition coefficient (Wildman–Crippen LogP) is 6.65. The molecule has 11 heteroatoms. The third kappa shape index (κ3) is 7.94. The normalized spacial score (nSPS) is 15.3. The first-order chi connectivity index (χ1) is 22.1. The van der Waals surface area contributed by atoms with Crippen LogP contribution in [0.4, 0.5) is 5.88 Å². The van der Waals surface area contributed by atoms with E-state index in [4.69, 9.17) is 4.52 Å². The van der Waals surface area contributed by atoms with Crippen molar-refractivity contribution < 1.29 is 27.3 Å². The Morgan fingerprint density at radius 2 is 1.81 bits per heavy atom. The Bertz CT molecular complexity index is 1740. The summed E-state index contributed by atoms with van der Waals surface area (Å²) in [4.78, 5) is 43.2. The zero-order valence-electron chi connectivity index (χ0n) is 28.8. The minimum absolute atomic E-state index is 0.0282. The highest BCUT2D eigenvalue weighted by Crippen LogP contribution is 2.36. The van der Waals surface area contributed by atoms with E-state index in [2.05, 4.69) is 9.88 Å². The third-order valence-corrected chi connectivity index (χ3v) is 10.4. The van der Waals surface area contributed by atoms with Crippen LogP contribution in [0.1, 0.15) is 89.6 Å². The lowest BCUT2D eigenvalue weighted by Crippen LogP contribution is -2.46. The first-order valence-corrected chi connectivity index (χ1v) is 17.8. The van der Waals surface area contributed by atoms with E-state index in [-0.39, 0.29) is 47.4 Å². The molecule has 1 aromatic heterocycles. The van der Waals surface area contributed by atoms with E-state index in [0.29, 0.717) is 41.8 Å². The molecule has 0 radical (unpaired) electrons. The highest BCUT2D eigenvalue weighted by molar-refractivity contribution is 7.92. The van der Waals surface area contributed by atoms with Crippen LogP contribution in [0.25, 0.3) is 11.1 Å². The van der Waals surface area contributed by atoms with Gasteiger partial charge in [-0.15, -0.1) is 0 Å². The van der Waals surface area contributed by atoms with Gasteiger partial charge in [-0.3, -0.25) is 14.4 Å². The highest BCUT2D eigenvalue weighted by atomic mass is 32.2. The SMILES string of the molecule is CCCCC(=O)N(Cc1ccc(-c2ccccc2S(=O)(=O)Nc2onc(C)c2C)c(CN2CCC(C)(C)C2=O)c1)C(C(C)=O)C(C)C. The molecule has 10 nitrogen and oxygen atoms in total. The van der Waals surface area contributed by atoms with Crippen molar-refractivity contribution >= 4 is 33.5 Å². The van der Waals surface area contributed by atoms with E-state index in [1.165, 1.54) is 13.0 Å². The molecule has 1 unspecified atom stereocenters. The van der Waals surface area contributed by atoms with E-state index in [1.807, 2.05) is 52.8 Å². The molecule has 0 aliphatic carbocycles. The molecular formula is C36H48N4O6S. The number of carbonyl (C=O) groups excluding carboxylic acids is 3. The van der Waals surface area contributed by atoms with Crippen molar-refractivity contribution in [3.05, 3.63) is 64.8 Å². The number of Topliss-reactive ketones (excluding diaryl/α,β-unsaturated/α-hetero) is 1. The summed E-state index contributed by atoms with van der Waals surface area (Å²) in [6.07, 6.45) is 2.64. The minimum atomic E-state index is -4.11. The number of ketones is 1. The molecule has 2 heterocycles. The largest absolute Gasteiger partial charge is 0.338 e. The van der Waals surface area contributed by atoms with Crippen LogP contribution in [-0.2, 0) is 37.5 Å². The van der Waals surface area contributed by atoms with Crippen LogP contribution >= 0.6 is 0 Å². The van der Waals surface area contributed by atoms with Crippen molar-refractivity contribution in [1.82, 2.24) is 15.0 Å². The van der Waals surface area contributed by atoms with Gasteiger partial charge in [-0.25, -0.2) is 13.1 Å². The third-order valence-electron chi connectivity index (χ3n) is 9.06. The molecule has 4 rings (SSSR count). The van der Waals surface area contributed by atoms with Crippen molar-refractivity contribution in [3.8, 4) is 11.1 Å². The maximum Gasteiger partial charge on any atom is 0.264 e. The van der Waals surface area contributed by atoms with Crippen LogP contribution in [0.15, 0.2) is 51.9 Å². The number of likely N-dealkylation sites (tertiary alicyclic amines) is 1. The number of aryl methyl sites for hydroxylation is 1. The number of rotatable bonds is 14. The van der Waals surface area contributed by atoms with Gasteiger partial charge in [0.25, 0.3) is 10.0 Å². The predicted molar refractivity (Wildman–Crippen MR) is 182 cm³/mol. The van der Waals surface area contributed by atoms with Crippen molar-refractivity contribution in [2.75, 3.05) is 11.3 Å². The molecule has 254 valence electrons. The zero-order valence-corrected chi connectivity index (χ0v) is 29.7. The number of sulfonamides is 1. The van der Waals surface area contributed by atoms with Gasteiger partial charge in [-0.1, -0.05) is 82.6 Å². The van der Waals surface area contributed by atoms with Gasteiger partial charge in [0.15, 0.2) is 5.78 Å². The van der Waals surface area contributed by atoms with Crippen molar-refractivity contribution in [2.45, 2.75) is 105 Å². The molecule has 0 spiro atoms. The number of nitrogens with zero attached hydrogens (tertiary/aromatic N) is 3. The number of unbranched alkanes of at least 4 members (excludes halogenated alkanes) is 1. The summed E-state index contributed by atoms with van der Waals surface area (Å²) in [5, 5.41) is 3.87. The van der Waals surface area contributed by atoms with Gasteiger partial charge >= 0.3 is 0 Å². The molecule has 1 aliphatic heterocycles. The molecular weight excluding hydrogens is 616 g/mol. The fraction of sp³-hybridized carbons (Fsp3) is 0.500. The van der Waals surface area contributed by atoms with E-state index in [0.717, 1.165) is 24.0 Å². The molecule has 0 saturated carbocycles. The van der Waals surface area contributed by atoms with Gasteiger partial charge in [0.05, 0.1) is 16.6 Å². The second-order valence-electron chi connectivity index (χ2n) is 13.6. The van der Waals surface area contributed by atoms with Crippen LogP contribution in [0.2, 0.25) is 0 Å². The van der Waals surface area contributed by atoms with Gasteiger partial charge in [0, 0.05) is 42.6 Å². The number of hydrogen-bond acceptors (Lipinski definition) is 7. The Morgan fingerprint density at radius 3 is 2.38 bits per heavy atom. The van der Waals surface area contributed by atoms with Gasteiger partial charge in [-0.05, 0) is 62.3 Å². The maximum absolute atomic E-state index is 13.8. The summed E-state index contributed by atoms with van der Waals surface area (Å²) in [6.45, 7) is 15.8. The number of nitrogens with one attached hydrogen (secondary N) is 1. The first kappa shape index (κ1) is 35.9. The van der Waals surface area contributed by atoms with E-state index >= 15 is 0 Å². The average molecular weight is 665 g/mol. The number of aromatic nitrogens is 1. The summed E-state index contributed by atoms with van der Waals surface area (Å²) >= 11 is 0. The molecule has 2 aromatic carbocycles. The molecule has 0 bridgehead atoms. The van der Waals surface area contributed by atoms with Crippen molar-refractivity contribution in [3.63, 3.8) is 0 Å². The van der Waals surface area contributed by atoms with Gasteiger partial charge in [0.2, 0.25) is 17.7 Å². The topological polar surface area (TPSA) is 130 Å².